The van der Waals surface area contributed by atoms with E-state index in [2.05, 4.69) is 14.9 Å². The Kier molecular flexibility index (Phi) is 3.90. The molecule has 1 saturated heterocycles. The van der Waals surface area contributed by atoms with Gasteiger partial charge in [0, 0.05) is 19.1 Å². The van der Waals surface area contributed by atoms with Gasteiger partial charge in [0.1, 0.15) is 0 Å². The fourth-order valence-electron chi connectivity index (χ4n) is 2.15. The van der Waals surface area contributed by atoms with E-state index in [-0.39, 0.29) is 18.4 Å². The van der Waals surface area contributed by atoms with Gasteiger partial charge in [-0.15, -0.1) is 12.4 Å². The van der Waals surface area contributed by atoms with Gasteiger partial charge < -0.3 is 10.6 Å². The molecule has 2 aromatic rings. The molecule has 18 heavy (non-hydrogen) atoms. The maximum atomic E-state index is 6.17. The Morgan fingerprint density at radius 2 is 1.89 bits per heavy atom. The highest BCUT2D eigenvalue weighted by atomic mass is 35.5. The van der Waals surface area contributed by atoms with Crippen LogP contribution in [-0.2, 0) is 0 Å². The minimum Gasteiger partial charge on any atom is -0.352 e. The summed E-state index contributed by atoms with van der Waals surface area (Å²) in [6.07, 6.45) is 0.977. The summed E-state index contributed by atoms with van der Waals surface area (Å²) in [5.41, 5.74) is 7.58. The summed E-state index contributed by atoms with van der Waals surface area (Å²) in [6.45, 7) is 1.70. The van der Waals surface area contributed by atoms with Crippen LogP contribution in [0.3, 0.4) is 0 Å². The lowest BCUT2D eigenvalue weighted by molar-refractivity contribution is 0.751. The summed E-state index contributed by atoms with van der Waals surface area (Å²) in [5, 5.41) is 0.456. The Hall–Kier alpha value is -1.10. The molecule has 4 nitrogen and oxygen atoms in total. The Balaban J connectivity index is 0.00000120. The highest BCUT2D eigenvalue weighted by Crippen LogP contribution is 2.26. The van der Waals surface area contributed by atoms with Gasteiger partial charge in [0.2, 0.25) is 0 Å². The predicted octanol–water partition coefficient (Wildman–Crippen LogP) is 2.24. The van der Waals surface area contributed by atoms with E-state index in [1.807, 2.05) is 24.3 Å². The van der Waals surface area contributed by atoms with Crippen LogP contribution < -0.4 is 10.6 Å². The van der Waals surface area contributed by atoms with Crippen LogP contribution in [0.15, 0.2) is 24.3 Å². The summed E-state index contributed by atoms with van der Waals surface area (Å²) in [7, 11) is 0. The molecule has 3 rings (SSSR count). The molecular weight excluding hydrogens is 271 g/mol. The lowest BCUT2D eigenvalue weighted by Gasteiger charge is -2.17. The molecule has 0 aliphatic carbocycles. The lowest BCUT2D eigenvalue weighted by atomic mass is 10.3. The maximum Gasteiger partial charge on any atom is 0.172 e. The number of benzene rings is 1. The number of hydrogen-bond acceptors (Lipinski definition) is 4. The fourth-order valence-corrected chi connectivity index (χ4v) is 2.40. The number of anilines is 1. The third-order valence-corrected chi connectivity index (χ3v) is 3.29. The minimum atomic E-state index is 0. The first-order valence-electron chi connectivity index (χ1n) is 5.67. The summed E-state index contributed by atoms with van der Waals surface area (Å²) in [5.74, 6) is 0.748. The molecule has 1 aliphatic rings. The quantitative estimate of drug-likeness (QED) is 0.873. The van der Waals surface area contributed by atoms with Crippen molar-refractivity contribution in [1.82, 2.24) is 9.97 Å². The third kappa shape index (κ3) is 2.36. The molecule has 0 saturated carbocycles. The second-order valence-electron chi connectivity index (χ2n) is 4.32. The molecule has 0 amide bonds. The normalized spacial score (nSPS) is 19.0. The van der Waals surface area contributed by atoms with E-state index in [1.54, 1.807) is 0 Å². The average Bonchev–Trinajstić information content (AvgIpc) is 2.75. The smallest absolute Gasteiger partial charge is 0.172 e. The standard InChI is InChI=1S/C12H13ClN4.ClH/c13-11-12(17-6-5-8(14)7-17)16-10-4-2-1-3-9(10)15-11;/h1-4,8H,5-7,14H2;1H/t8-;/m1./s1. The van der Waals surface area contributed by atoms with E-state index in [0.29, 0.717) is 5.15 Å². The van der Waals surface area contributed by atoms with Crippen molar-refractivity contribution in [2.75, 3.05) is 18.0 Å². The van der Waals surface area contributed by atoms with Gasteiger partial charge in [-0.3, -0.25) is 0 Å². The van der Waals surface area contributed by atoms with Crippen LogP contribution in [0.1, 0.15) is 6.42 Å². The van der Waals surface area contributed by atoms with Crippen molar-refractivity contribution >= 4 is 40.9 Å². The summed E-state index contributed by atoms with van der Waals surface area (Å²) in [6, 6.07) is 7.94. The molecule has 1 fully saturated rings. The molecule has 1 aromatic heterocycles. The zero-order valence-corrected chi connectivity index (χ0v) is 11.3. The average molecular weight is 285 g/mol. The van der Waals surface area contributed by atoms with Crippen molar-refractivity contribution in [1.29, 1.82) is 0 Å². The zero-order valence-electron chi connectivity index (χ0n) is 9.71. The van der Waals surface area contributed by atoms with Crippen LogP contribution in [0.5, 0.6) is 0 Å². The van der Waals surface area contributed by atoms with Crippen molar-refractivity contribution in [2.24, 2.45) is 5.73 Å². The largest absolute Gasteiger partial charge is 0.352 e. The van der Waals surface area contributed by atoms with E-state index >= 15 is 0 Å². The van der Waals surface area contributed by atoms with Gasteiger partial charge in [-0.2, -0.15) is 0 Å². The molecule has 1 aromatic carbocycles. The van der Waals surface area contributed by atoms with Gasteiger partial charge in [-0.05, 0) is 18.6 Å². The number of halogens is 2. The highest BCUT2D eigenvalue weighted by Gasteiger charge is 2.23. The van der Waals surface area contributed by atoms with E-state index in [9.17, 15) is 0 Å². The lowest BCUT2D eigenvalue weighted by Crippen LogP contribution is -2.27. The second-order valence-corrected chi connectivity index (χ2v) is 4.68. The van der Waals surface area contributed by atoms with Crippen molar-refractivity contribution < 1.29 is 0 Å². The Bertz CT molecular complexity index is 561. The van der Waals surface area contributed by atoms with Crippen LogP contribution in [0.2, 0.25) is 5.15 Å². The van der Waals surface area contributed by atoms with E-state index in [1.165, 1.54) is 0 Å². The topological polar surface area (TPSA) is 55.0 Å². The first-order valence-corrected chi connectivity index (χ1v) is 6.04. The molecule has 2 heterocycles. The van der Waals surface area contributed by atoms with Gasteiger partial charge in [0.05, 0.1) is 11.0 Å². The summed E-state index contributed by atoms with van der Waals surface area (Å²) in [4.78, 5) is 11.0. The molecule has 0 spiro atoms. The van der Waals surface area contributed by atoms with E-state index < -0.39 is 0 Å². The number of para-hydroxylation sites is 2. The van der Waals surface area contributed by atoms with Crippen molar-refractivity contribution in [3.05, 3.63) is 29.4 Å². The number of aromatic nitrogens is 2. The Labute approximate surface area is 117 Å². The maximum absolute atomic E-state index is 6.17. The van der Waals surface area contributed by atoms with Crippen LogP contribution in [-0.4, -0.2) is 29.1 Å². The Morgan fingerprint density at radius 1 is 1.22 bits per heavy atom. The molecule has 0 radical (unpaired) electrons. The van der Waals surface area contributed by atoms with Gasteiger partial charge in [-0.1, -0.05) is 23.7 Å². The number of fused-ring (bicyclic) bond motifs is 1. The first kappa shape index (κ1) is 13.3. The van der Waals surface area contributed by atoms with Gasteiger partial charge >= 0.3 is 0 Å². The van der Waals surface area contributed by atoms with Crippen LogP contribution >= 0.6 is 24.0 Å². The molecule has 6 heteroatoms. The fraction of sp³-hybridized carbons (Fsp3) is 0.333. The predicted molar refractivity (Wildman–Crippen MR) is 76.6 cm³/mol. The molecule has 1 atom stereocenters. The number of nitrogens with two attached hydrogens (primary N) is 1. The second kappa shape index (κ2) is 5.26. The molecule has 0 unspecified atom stereocenters. The molecular formula is C12H14Cl2N4. The van der Waals surface area contributed by atoms with Crippen molar-refractivity contribution in [3.63, 3.8) is 0 Å². The first-order chi connectivity index (χ1) is 8.24. The molecule has 2 N–H and O–H groups in total. The molecule has 1 aliphatic heterocycles. The van der Waals surface area contributed by atoms with Crippen molar-refractivity contribution in [2.45, 2.75) is 12.5 Å². The molecule has 96 valence electrons. The summed E-state index contributed by atoms with van der Waals surface area (Å²) >= 11 is 6.17. The third-order valence-electron chi connectivity index (χ3n) is 3.04. The highest BCUT2D eigenvalue weighted by molar-refractivity contribution is 6.32. The SMILES string of the molecule is Cl.N[C@@H]1CCN(c2nc3ccccc3nc2Cl)C1. The van der Waals surface area contributed by atoms with Gasteiger partial charge in [-0.25, -0.2) is 9.97 Å². The van der Waals surface area contributed by atoms with Crippen LogP contribution in [0.4, 0.5) is 5.82 Å². The minimum absolute atomic E-state index is 0. The number of hydrogen-bond donors (Lipinski definition) is 1. The monoisotopic (exact) mass is 284 g/mol. The molecule has 0 bridgehead atoms. The van der Waals surface area contributed by atoms with Crippen molar-refractivity contribution in [3.8, 4) is 0 Å². The van der Waals surface area contributed by atoms with Gasteiger partial charge in [0.15, 0.2) is 11.0 Å². The van der Waals surface area contributed by atoms with Gasteiger partial charge in [0.25, 0.3) is 0 Å². The van der Waals surface area contributed by atoms with Crippen LogP contribution in [0.25, 0.3) is 11.0 Å². The number of rotatable bonds is 1. The summed E-state index contributed by atoms with van der Waals surface area (Å²) < 4.78 is 0. The zero-order chi connectivity index (χ0) is 11.8. The van der Waals surface area contributed by atoms with E-state index in [0.717, 1.165) is 36.4 Å². The number of nitrogens with zero attached hydrogens (tertiary/aromatic N) is 3. The van der Waals surface area contributed by atoms with E-state index in [4.69, 9.17) is 17.3 Å². The van der Waals surface area contributed by atoms with Crippen LogP contribution in [0, 0.1) is 0 Å². The Morgan fingerprint density at radius 3 is 2.50 bits per heavy atom.